The van der Waals surface area contributed by atoms with E-state index in [1.54, 1.807) is 0 Å². The highest BCUT2D eigenvalue weighted by atomic mass is 31.2. The highest BCUT2D eigenvalue weighted by Gasteiger charge is 2.28. The van der Waals surface area contributed by atoms with E-state index in [4.69, 9.17) is 4.98 Å². The van der Waals surface area contributed by atoms with Gasteiger partial charge in [0.05, 0.1) is 5.69 Å². The number of rotatable bonds is 1. The maximum absolute atomic E-state index is 12.4. The second kappa shape index (κ2) is 4.49. The van der Waals surface area contributed by atoms with Gasteiger partial charge in [-0.1, -0.05) is 41.5 Å². The molecule has 1 heterocycles. The van der Waals surface area contributed by atoms with E-state index in [9.17, 15) is 4.57 Å². The Morgan fingerprint density at radius 3 is 1.78 bits per heavy atom. The molecular formula is C15H26NOP. The van der Waals surface area contributed by atoms with Crippen LogP contribution >= 0.6 is 7.14 Å². The molecule has 0 atom stereocenters. The van der Waals surface area contributed by atoms with Gasteiger partial charge in [-0.25, -0.2) is 0 Å². The molecule has 18 heavy (non-hydrogen) atoms. The first kappa shape index (κ1) is 15.4. The van der Waals surface area contributed by atoms with Crippen molar-refractivity contribution < 1.29 is 4.57 Å². The summed E-state index contributed by atoms with van der Waals surface area (Å²) in [6, 6.07) is 4.03. The number of nitrogens with zero attached hydrogens (tertiary/aromatic N) is 1. The molecule has 0 unspecified atom stereocenters. The van der Waals surface area contributed by atoms with Crippen LogP contribution in [0.15, 0.2) is 12.1 Å². The highest BCUT2D eigenvalue weighted by Crippen LogP contribution is 2.39. The van der Waals surface area contributed by atoms with Gasteiger partial charge >= 0.3 is 0 Å². The number of hydrogen-bond donors (Lipinski definition) is 0. The van der Waals surface area contributed by atoms with E-state index < -0.39 is 7.14 Å². The third-order valence-electron chi connectivity index (χ3n) is 2.93. The fraction of sp³-hybridized carbons (Fsp3) is 0.667. The van der Waals surface area contributed by atoms with Gasteiger partial charge in [0.2, 0.25) is 0 Å². The molecule has 0 radical (unpaired) electrons. The fourth-order valence-electron chi connectivity index (χ4n) is 1.86. The number of aromatic nitrogens is 1. The summed E-state index contributed by atoms with van der Waals surface area (Å²) in [6.45, 7) is 16.5. The van der Waals surface area contributed by atoms with Gasteiger partial charge in [0.1, 0.15) is 7.14 Å². The van der Waals surface area contributed by atoms with E-state index in [2.05, 4.69) is 41.5 Å². The van der Waals surface area contributed by atoms with Crippen LogP contribution in [-0.4, -0.2) is 18.3 Å². The van der Waals surface area contributed by atoms with Gasteiger partial charge in [-0.05, 0) is 25.5 Å². The van der Waals surface area contributed by atoms with E-state index in [0.717, 1.165) is 16.7 Å². The van der Waals surface area contributed by atoms with Gasteiger partial charge < -0.3 is 4.57 Å². The molecule has 0 aliphatic carbocycles. The first-order chi connectivity index (χ1) is 7.83. The van der Waals surface area contributed by atoms with Crippen molar-refractivity contribution in [1.82, 2.24) is 4.98 Å². The Balaban J connectivity index is 3.55. The molecule has 102 valence electrons. The Bertz CT molecular complexity index is 486. The highest BCUT2D eigenvalue weighted by molar-refractivity contribution is 7.70. The lowest BCUT2D eigenvalue weighted by atomic mass is 9.88. The molecule has 0 aliphatic rings. The first-order valence-corrected chi connectivity index (χ1v) is 9.01. The standard InChI is InChI=1S/C15H26NOP/c1-14(2,3)12-10-9-11(18(7,8)17)13(16-12)15(4,5)6/h9-10H,1-8H3. The van der Waals surface area contributed by atoms with Gasteiger partial charge in [0.15, 0.2) is 0 Å². The van der Waals surface area contributed by atoms with Crippen molar-refractivity contribution in [2.75, 3.05) is 13.3 Å². The van der Waals surface area contributed by atoms with Crippen molar-refractivity contribution in [2.24, 2.45) is 0 Å². The lowest BCUT2D eigenvalue weighted by molar-refractivity contribution is 0.532. The maximum atomic E-state index is 12.4. The zero-order chi connectivity index (χ0) is 14.4. The van der Waals surface area contributed by atoms with Gasteiger partial charge in [-0.3, -0.25) is 4.98 Å². The Hall–Kier alpha value is -0.620. The van der Waals surface area contributed by atoms with Crippen molar-refractivity contribution in [3.8, 4) is 0 Å². The van der Waals surface area contributed by atoms with Crippen LogP contribution in [0, 0.1) is 0 Å². The normalized spacial score (nSPS) is 13.8. The zero-order valence-corrected chi connectivity index (χ0v) is 13.9. The Morgan fingerprint density at radius 2 is 1.44 bits per heavy atom. The van der Waals surface area contributed by atoms with Crippen molar-refractivity contribution >= 4 is 12.4 Å². The van der Waals surface area contributed by atoms with Crippen LogP contribution in [0.25, 0.3) is 0 Å². The predicted octanol–water partition coefficient (Wildman–Crippen LogP) is 3.92. The molecule has 0 aliphatic heterocycles. The molecule has 2 nitrogen and oxygen atoms in total. The molecule has 0 bridgehead atoms. The molecule has 0 amide bonds. The minimum atomic E-state index is -2.29. The molecule has 0 fully saturated rings. The molecule has 0 saturated heterocycles. The molecule has 0 spiro atoms. The Labute approximate surface area is 112 Å². The summed E-state index contributed by atoms with van der Waals surface area (Å²) in [4.78, 5) is 4.81. The second-order valence-electron chi connectivity index (χ2n) is 7.42. The van der Waals surface area contributed by atoms with Gasteiger partial charge in [0.25, 0.3) is 0 Å². The van der Waals surface area contributed by atoms with Crippen LogP contribution < -0.4 is 5.30 Å². The molecule has 1 aromatic heterocycles. The predicted molar refractivity (Wildman–Crippen MR) is 80.7 cm³/mol. The van der Waals surface area contributed by atoms with Crippen LogP contribution in [0.5, 0.6) is 0 Å². The summed E-state index contributed by atoms with van der Waals surface area (Å²) in [5.41, 5.74) is 1.97. The fourth-order valence-corrected chi connectivity index (χ4v) is 3.18. The molecule has 1 rings (SSSR count). The van der Waals surface area contributed by atoms with Crippen LogP contribution in [-0.2, 0) is 15.4 Å². The summed E-state index contributed by atoms with van der Waals surface area (Å²) < 4.78 is 12.4. The van der Waals surface area contributed by atoms with Crippen LogP contribution in [0.1, 0.15) is 52.9 Å². The summed E-state index contributed by atoms with van der Waals surface area (Å²) in [7, 11) is -2.29. The smallest absolute Gasteiger partial charge is 0.111 e. The minimum Gasteiger partial charge on any atom is -0.319 e. The molecule has 1 aromatic rings. The van der Waals surface area contributed by atoms with Crippen molar-refractivity contribution in [1.29, 1.82) is 0 Å². The minimum absolute atomic E-state index is 0.0179. The summed E-state index contributed by atoms with van der Waals surface area (Å²) in [6.07, 6.45) is 0. The lowest BCUT2D eigenvalue weighted by Gasteiger charge is -2.27. The van der Waals surface area contributed by atoms with E-state index in [1.165, 1.54) is 0 Å². The molecular weight excluding hydrogens is 241 g/mol. The van der Waals surface area contributed by atoms with Crippen LogP contribution in [0.3, 0.4) is 0 Å². The largest absolute Gasteiger partial charge is 0.319 e. The van der Waals surface area contributed by atoms with Gasteiger partial charge in [0, 0.05) is 21.8 Å². The summed E-state index contributed by atoms with van der Waals surface area (Å²) in [5.74, 6) is 0. The van der Waals surface area contributed by atoms with E-state index in [1.807, 2.05) is 25.5 Å². The molecule has 0 aromatic carbocycles. The lowest BCUT2D eigenvalue weighted by Crippen LogP contribution is -2.28. The Kier molecular flexibility index (Phi) is 3.85. The van der Waals surface area contributed by atoms with Crippen molar-refractivity contribution in [2.45, 2.75) is 52.4 Å². The second-order valence-corrected chi connectivity index (χ2v) is 10.6. The summed E-state index contributed by atoms with van der Waals surface area (Å²) in [5, 5.41) is 0.919. The van der Waals surface area contributed by atoms with Crippen LogP contribution in [0.2, 0.25) is 0 Å². The zero-order valence-electron chi connectivity index (χ0n) is 13.0. The average Bonchev–Trinajstić information content (AvgIpc) is 2.12. The van der Waals surface area contributed by atoms with Crippen molar-refractivity contribution in [3.05, 3.63) is 23.5 Å². The average molecular weight is 267 g/mol. The monoisotopic (exact) mass is 267 g/mol. The molecule has 0 N–H and O–H groups in total. The first-order valence-electron chi connectivity index (χ1n) is 6.41. The summed E-state index contributed by atoms with van der Waals surface area (Å²) >= 11 is 0. The number of pyridine rings is 1. The number of hydrogen-bond acceptors (Lipinski definition) is 2. The molecule has 0 saturated carbocycles. The van der Waals surface area contributed by atoms with Gasteiger partial charge in [-0.2, -0.15) is 0 Å². The topological polar surface area (TPSA) is 30.0 Å². The Morgan fingerprint density at radius 1 is 0.944 bits per heavy atom. The third-order valence-corrected chi connectivity index (χ3v) is 4.45. The van der Waals surface area contributed by atoms with Crippen molar-refractivity contribution in [3.63, 3.8) is 0 Å². The third kappa shape index (κ3) is 3.45. The van der Waals surface area contributed by atoms with Gasteiger partial charge in [-0.15, -0.1) is 0 Å². The maximum Gasteiger partial charge on any atom is 0.111 e. The van der Waals surface area contributed by atoms with E-state index in [-0.39, 0.29) is 10.8 Å². The van der Waals surface area contributed by atoms with Crippen LogP contribution in [0.4, 0.5) is 0 Å². The SMILES string of the molecule is CC(C)(C)c1ccc(P(C)(C)=O)c(C(C)(C)C)n1. The van der Waals surface area contributed by atoms with E-state index >= 15 is 0 Å². The van der Waals surface area contributed by atoms with E-state index in [0.29, 0.717) is 0 Å². The molecule has 3 heteroatoms. The quantitative estimate of drug-likeness (QED) is 0.722.